The Bertz CT molecular complexity index is 1180. The van der Waals surface area contributed by atoms with Gasteiger partial charge in [0.25, 0.3) is 15.7 Å². The van der Waals surface area contributed by atoms with Gasteiger partial charge in [-0.3, -0.25) is 19.8 Å². The molecule has 0 aromatic heterocycles. The number of sulfonamides is 1. The van der Waals surface area contributed by atoms with E-state index in [4.69, 9.17) is 0 Å². The second-order valence-electron chi connectivity index (χ2n) is 5.86. The summed E-state index contributed by atoms with van der Waals surface area (Å²) in [6.07, 6.45) is 1.27. The monoisotopic (exact) mass is 523 g/mol. The summed E-state index contributed by atoms with van der Waals surface area (Å²) in [5.74, 6) is -0.153. The van der Waals surface area contributed by atoms with Crippen LogP contribution in [0.2, 0.25) is 0 Å². The van der Waals surface area contributed by atoms with Crippen LogP contribution in [0.15, 0.2) is 76.6 Å². The van der Waals surface area contributed by atoms with Crippen LogP contribution in [0.4, 0.5) is 17.1 Å². The summed E-state index contributed by atoms with van der Waals surface area (Å²) >= 11 is 2.13. The Morgan fingerprint density at radius 3 is 2.31 bits per heavy atom. The number of anilines is 1. The Morgan fingerprint density at radius 2 is 1.69 bits per heavy atom. The first-order valence-corrected chi connectivity index (χ1v) is 10.7. The van der Waals surface area contributed by atoms with Gasteiger partial charge < -0.3 is 5.11 Å². The van der Waals surface area contributed by atoms with Gasteiger partial charge in [-0.2, -0.15) is 0 Å². The van der Waals surface area contributed by atoms with E-state index in [2.05, 4.69) is 32.3 Å². The highest BCUT2D eigenvalue weighted by Gasteiger charge is 2.14. The van der Waals surface area contributed by atoms with Gasteiger partial charge in [-0.15, -0.1) is 0 Å². The molecule has 3 aromatic carbocycles. The molecule has 0 saturated heterocycles. The van der Waals surface area contributed by atoms with Gasteiger partial charge >= 0.3 is 0 Å². The van der Waals surface area contributed by atoms with Crippen molar-refractivity contribution in [1.29, 1.82) is 0 Å². The summed E-state index contributed by atoms with van der Waals surface area (Å²) in [5.41, 5.74) is 0.876. The molecule has 8 nitrogen and oxygen atoms in total. The first-order valence-electron chi connectivity index (χ1n) is 8.14. The predicted molar refractivity (Wildman–Crippen MR) is 118 cm³/mol. The zero-order valence-electron chi connectivity index (χ0n) is 14.7. The highest BCUT2D eigenvalue weighted by atomic mass is 127. The molecule has 3 aromatic rings. The van der Waals surface area contributed by atoms with Crippen molar-refractivity contribution in [2.75, 3.05) is 4.72 Å². The third-order valence-electron chi connectivity index (χ3n) is 3.82. The lowest BCUT2D eigenvalue weighted by Crippen LogP contribution is -2.12. The van der Waals surface area contributed by atoms with E-state index in [1.54, 1.807) is 24.3 Å². The topological polar surface area (TPSA) is 122 Å². The predicted octanol–water partition coefficient (Wildman–Crippen LogP) is 4.46. The highest BCUT2D eigenvalue weighted by molar-refractivity contribution is 14.1. The van der Waals surface area contributed by atoms with Crippen molar-refractivity contribution in [1.82, 2.24) is 0 Å². The second-order valence-corrected chi connectivity index (χ2v) is 8.79. The van der Waals surface area contributed by atoms with Gasteiger partial charge in [0.1, 0.15) is 5.75 Å². The lowest BCUT2D eigenvalue weighted by Gasteiger charge is -2.08. The molecule has 0 spiro atoms. The van der Waals surface area contributed by atoms with Crippen molar-refractivity contribution in [2.24, 2.45) is 4.99 Å². The molecule has 0 aliphatic heterocycles. The summed E-state index contributed by atoms with van der Waals surface area (Å²) in [6.45, 7) is 0. The van der Waals surface area contributed by atoms with E-state index in [9.17, 15) is 23.6 Å². The minimum atomic E-state index is -3.75. The number of rotatable bonds is 6. The number of non-ortho nitro benzene ring substituents is 1. The van der Waals surface area contributed by atoms with Crippen molar-refractivity contribution in [3.63, 3.8) is 0 Å². The minimum absolute atomic E-state index is 0.0631. The molecule has 0 heterocycles. The number of nitrogens with one attached hydrogen (secondary N) is 1. The van der Waals surface area contributed by atoms with Crippen LogP contribution in [0.25, 0.3) is 0 Å². The lowest BCUT2D eigenvalue weighted by atomic mass is 10.2. The third-order valence-corrected chi connectivity index (χ3v) is 5.93. The second kappa shape index (κ2) is 8.57. The Kier molecular flexibility index (Phi) is 6.13. The number of nitro groups is 1. The van der Waals surface area contributed by atoms with Crippen LogP contribution in [0.3, 0.4) is 0 Å². The summed E-state index contributed by atoms with van der Waals surface area (Å²) in [5, 5.41) is 20.6. The minimum Gasteiger partial charge on any atom is -0.507 e. The van der Waals surface area contributed by atoms with E-state index in [0.717, 1.165) is 3.57 Å². The van der Waals surface area contributed by atoms with Crippen LogP contribution < -0.4 is 4.72 Å². The summed E-state index contributed by atoms with van der Waals surface area (Å²) in [7, 11) is -3.75. The molecular formula is C19H14IN3O5S. The number of halogens is 1. The highest BCUT2D eigenvalue weighted by Crippen LogP contribution is 2.23. The molecule has 0 aliphatic rings. The zero-order chi connectivity index (χ0) is 21.0. The fourth-order valence-electron chi connectivity index (χ4n) is 2.35. The number of nitro benzene ring substituents is 1. The van der Waals surface area contributed by atoms with E-state index in [0.29, 0.717) is 11.4 Å². The lowest BCUT2D eigenvalue weighted by molar-refractivity contribution is -0.384. The van der Waals surface area contributed by atoms with Crippen LogP contribution in [-0.4, -0.2) is 24.7 Å². The van der Waals surface area contributed by atoms with E-state index in [-0.39, 0.29) is 21.9 Å². The van der Waals surface area contributed by atoms with Crippen molar-refractivity contribution < 1.29 is 18.4 Å². The fraction of sp³-hybridized carbons (Fsp3) is 0. The molecule has 3 rings (SSSR count). The van der Waals surface area contributed by atoms with Gasteiger partial charge in [0, 0.05) is 33.2 Å². The Morgan fingerprint density at radius 1 is 1.03 bits per heavy atom. The number of aromatic hydroxyl groups is 1. The number of hydrogen-bond donors (Lipinski definition) is 2. The van der Waals surface area contributed by atoms with Crippen molar-refractivity contribution in [3.8, 4) is 5.75 Å². The standard InChI is InChI=1S/C19H14IN3O5S/c20-14-1-3-16(4-2-14)22-29(27,28)18-8-5-15(6-9-18)21-12-13-11-17(23(25)26)7-10-19(13)24/h1-12,22,24H. The smallest absolute Gasteiger partial charge is 0.270 e. The van der Waals surface area contributed by atoms with Crippen LogP contribution in [0.1, 0.15) is 5.56 Å². The van der Waals surface area contributed by atoms with E-state index >= 15 is 0 Å². The van der Waals surface area contributed by atoms with Crippen LogP contribution in [0.5, 0.6) is 5.75 Å². The van der Waals surface area contributed by atoms with E-state index in [1.165, 1.54) is 48.7 Å². The van der Waals surface area contributed by atoms with E-state index in [1.807, 2.05) is 0 Å². The Balaban J connectivity index is 1.78. The van der Waals surface area contributed by atoms with Gasteiger partial charge in [0.15, 0.2) is 0 Å². The average molecular weight is 523 g/mol. The molecule has 29 heavy (non-hydrogen) atoms. The number of aliphatic imine (C=N–C) groups is 1. The molecule has 0 aliphatic carbocycles. The van der Waals surface area contributed by atoms with Gasteiger partial charge in [-0.1, -0.05) is 0 Å². The number of hydrogen-bond acceptors (Lipinski definition) is 6. The first-order chi connectivity index (χ1) is 13.7. The third kappa shape index (κ3) is 5.29. The van der Waals surface area contributed by atoms with Crippen LogP contribution >= 0.6 is 22.6 Å². The van der Waals surface area contributed by atoms with Crippen molar-refractivity contribution >= 4 is 55.9 Å². The fourth-order valence-corrected chi connectivity index (χ4v) is 3.76. The molecule has 0 unspecified atom stereocenters. The number of benzene rings is 3. The molecule has 10 heteroatoms. The van der Waals surface area contributed by atoms with Gasteiger partial charge in [-0.25, -0.2) is 8.42 Å². The average Bonchev–Trinajstić information content (AvgIpc) is 2.69. The van der Waals surface area contributed by atoms with Crippen molar-refractivity contribution in [3.05, 3.63) is 86.0 Å². The van der Waals surface area contributed by atoms with Crippen molar-refractivity contribution in [2.45, 2.75) is 4.90 Å². The maximum absolute atomic E-state index is 12.5. The normalized spacial score (nSPS) is 11.5. The maximum Gasteiger partial charge on any atom is 0.270 e. The summed E-state index contributed by atoms with van der Waals surface area (Å²) in [4.78, 5) is 14.5. The van der Waals surface area contributed by atoms with Gasteiger partial charge in [0.05, 0.1) is 15.5 Å². The molecular weight excluding hydrogens is 509 g/mol. The molecule has 0 amide bonds. The molecule has 0 saturated carbocycles. The SMILES string of the molecule is O=[N+]([O-])c1ccc(O)c(C=Nc2ccc(S(=O)(=O)Nc3ccc(I)cc3)cc2)c1. The molecule has 2 N–H and O–H groups in total. The molecule has 148 valence electrons. The maximum atomic E-state index is 12.5. The summed E-state index contributed by atoms with van der Waals surface area (Å²) in [6, 6.07) is 16.3. The summed E-state index contributed by atoms with van der Waals surface area (Å²) < 4.78 is 28.4. The van der Waals surface area contributed by atoms with Gasteiger partial charge in [0.2, 0.25) is 0 Å². The number of phenolic OH excluding ortho intramolecular Hbond substituents is 1. The number of nitrogens with zero attached hydrogens (tertiary/aromatic N) is 2. The zero-order valence-corrected chi connectivity index (χ0v) is 17.7. The molecule has 0 fully saturated rings. The molecule has 0 radical (unpaired) electrons. The quantitative estimate of drug-likeness (QED) is 0.214. The first kappa shape index (κ1) is 20.7. The van der Waals surface area contributed by atoms with E-state index < -0.39 is 14.9 Å². The van der Waals surface area contributed by atoms with Crippen LogP contribution in [-0.2, 0) is 10.0 Å². The van der Waals surface area contributed by atoms with Gasteiger partial charge in [-0.05, 0) is 77.2 Å². The molecule has 0 atom stereocenters. The van der Waals surface area contributed by atoms with Crippen LogP contribution in [0, 0.1) is 13.7 Å². The Labute approximate surface area is 180 Å². The number of phenols is 1. The molecule has 0 bridgehead atoms. The largest absolute Gasteiger partial charge is 0.507 e. The Hall–Kier alpha value is -2.99.